The zero-order valence-corrected chi connectivity index (χ0v) is 20.6. The van der Waals surface area contributed by atoms with E-state index in [4.69, 9.17) is 9.47 Å². The number of benzene rings is 2. The van der Waals surface area contributed by atoms with Crippen molar-refractivity contribution in [3.8, 4) is 17.5 Å². The second kappa shape index (κ2) is 10.1. The van der Waals surface area contributed by atoms with Crippen LogP contribution >= 0.6 is 0 Å². The first-order chi connectivity index (χ1) is 16.7. The van der Waals surface area contributed by atoms with E-state index in [-0.39, 0.29) is 0 Å². The number of hydrogen-bond acceptors (Lipinski definition) is 7. The molecule has 0 fully saturated rings. The number of hydrogen-bond donors (Lipinski definition) is 1. The SMILES string of the molecule is C[C@@H](Oc1ncc(C(=O)NS(=O)(=O)C(C)(C)C)c(C(F)(F)F)n1)c1cccc(Oc2ccccc2)c1. The second-order valence-electron chi connectivity index (χ2n) is 8.71. The molecule has 1 atom stereocenters. The lowest BCUT2D eigenvalue weighted by Gasteiger charge is -2.20. The van der Waals surface area contributed by atoms with Crippen LogP contribution in [0.5, 0.6) is 17.5 Å². The fourth-order valence-corrected chi connectivity index (χ4v) is 3.48. The van der Waals surface area contributed by atoms with Crippen LogP contribution in [-0.2, 0) is 16.2 Å². The number of rotatable bonds is 7. The number of para-hydroxylation sites is 1. The number of carbonyl (C=O) groups is 1. The van der Waals surface area contributed by atoms with Crippen LogP contribution in [0.4, 0.5) is 13.2 Å². The molecule has 0 aliphatic heterocycles. The van der Waals surface area contributed by atoms with Crippen molar-refractivity contribution in [2.45, 2.75) is 44.7 Å². The highest BCUT2D eigenvalue weighted by Crippen LogP contribution is 2.33. The highest BCUT2D eigenvalue weighted by molar-refractivity contribution is 7.91. The lowest BCUT2D eigenvalue weighted by molar-refractivity contribution is -0.142. The number of alkyl halides is 3. The van der Waals surface area contributed by atoms with Gasteiger partial charge in [0.25, 0.3) is 5.91 Å². The van der Waals surface area contributed by atoms with Gasteiger partial charge in [0.15, 0.2) is 5.69 Å². The third-order valence-corrected chi connectivity index (χ3v) is 6.97. The highest BCUT2D eigenvalue weighted by atomic mass is 32.2. The van der Waals surface area contributed by atoms with Gasteiger partial charge >= 0.3 is 12.2 Å². The smallest absolute Gasteiger partial charge is 0.434 e. The average Bonchev–Trinajstić information content (AvgIpc) is 2.78. The van der Waals surface area contributed by atoms with Crippen molar-refractivity contribution in [3.05, 3.63) is 77.6 Å². The van der Waals surface area contributed by atoms with E-state index < -0.39 is 50.2 Å². The fraction of sp³-hybridized carbons (Fsp3) is 0.292. The predicted octanol–water partition coefficient (Wildman–Crippen LogP) is 5.29. The molecular formula is C24H24F3N3O5S. The van der Waals surface area contributed by atoms with Gasteiger partial charge in [-0.05, 0) is 57.5 Å². The quantitative estimate of drug-likeness (QED) is 0.449. The van der Waals surface area contributed by atoms with Gasteiger partial charge in [-0.1, -0.05) is 30.3 Å². The molecule has 0 aliphatic rings. The van der Waals surface area contributed by atoms with Gasteiger partial charge < -0.3 is 9.47 Å². The van der Waals surface area contributed by atoms with E-state index in [0.29, 0.717) is 23.3 Å². The average molecular weight is 524 g/mol. The molecule has 36 heavy (non-hydrogen) atoms. The van der Waals surface area contributed by atoms with Crippen LogP contribution < -0.4 is 14.2 Å². The zero-order valence-electron chi connectivity index (χ0n) is 19.8. The molecule has 8 nitrogen and oxygen atoms in total. The summed E-state index contributed by atoms with van der Waals surface area (Å²) in [4.78, 5) is 19.5. The predicted molar refractivity (Wildman–Crippen MR) is 125 cm³/mol. The summed E-state index contributed by atoms with van der Waals surface area (Å²) in [5.41, 5.74) is -2.10. The maximum atomic E-state index is 13.7. The Hall–Kier alpha value is -3.67. The summed E-state index contributed by atoms with van der Waals surface area (Å²) >= 11 is 0. The summed E-state index contributed by atoms with van der Waals surface area (Å²) in [6.45, 7) is 5.46. The van der Waals surface area contributed by atoms with Crippen molar-refractivity contribution in [1.29, 1.82) is 0 Å². The topological polar surface area (TPSA) is 107 Å². The first-order valence-electron chi connectivity index (χ1n) is 10.7. The molecule has 12 heteroatoms. The molecule has 2 aromatic carbocycles. The van der Waals surface area contributed by atoms with Gasteiger partial charge in [-0.15, -0.1) is 0 Å². The van der Waals surface area contributed by atoms with Crippen molar-refractivity contribution in [2.24, 2.45) is 0 Å². The Labute approximate surface area is 206 Å². The molecule has 1 amide bonds. The molecule has 0 radical (unpaired) electrons. The van der Waals surface area contributed by atoms with E-state index in [2.05, 4.69) is 9.97 Å². The maximum Gasteiger partial charge on any atom is 0.434 e. The number of halogens is 3. The monoisotopic (exact) mass is 523 g/mol. The van der Waals surface area contributed by atoms with Crippen molar-refractivity contribution in [3.63, 3.8) is 0 Å². The van der Waals surface area contributed by atoms with Crippen molar-refractivity contribution in [1.82, 2.24) is 14.7 Å². The molecule has 0 spiro atoms. The normalized spacial score (nSPS) is 13.1. The Kier molecular flexibility index (Phi) is 7.58. The molecule has 1 aromatic heterocycles. The number of amides is 1. The van der Waals surface area contributed by atoms with Gasteiger partial charge in [0.1, 0.15) is 17.6 Å². The van der Waals surface area contributed by atoms with Crippen molar-refractivity contribution in [2.75, 3.05) is 0 Å². The van der Waals surface area contributed by atoms with Crippen molar-refractivity contribution < 1.29 is 35.9 Å². The lowest BCUT2D eigenvalue weighted by atomic mass is 10.1. The molecule has 192 valence electrons. The summed E-state index contributed by atoms with van der Waals surface area (Å²) in [6.07, 6.45) is -5.28. The third-order valence-electron chi connectivity index (χ3n) is 4.90. The lowest BCUT2D eigenvalue weighted by Crippen LogP contribution is -2.43. The minimum atomic E-state index is -5.08. The van der Waals surface area contributed by atoms with Gasteiger partial charge in [0.05, 0.1) is 10.3 Å². The van der Waals surface area contributed by atoms with E-state index >= 15 is 0 Å². The van der Waals surface area contributed by atoms with Gasteiger partial charge in [0, 0.05) is 6.20 Å². The maximum absolute atomic E-state index is 13.7. The standard InChI is InChI=1S/C24H24F3N3O5S/c1-15(16-9-8-12-18(13-16)35-17-10-6-5-7-11-17)34-22-28-14-19(20(29-22)24(25,26)27)21(31)30-36(32,33)23(2,3)4/h5-15H,1-4H3,(H,30,31)/t15-/m1/s1. The molecule has 0 saturated carbocycles. The minimum absolute atomic E-state index is 0.484. The summed E-state index contributed by atoms with van der Waals surface area (Å²) in [6, 6.07) is 15.1. The minimum Gasteiger partial charge on any atom is -0.457 e. The van der Waals surface area contributed by atoms with Crippen molar-refractivity contribution >= 4 is 15.9 Å². The number of sulfonamides is 1. The van der Waals surface area contributed by atoms with Crippen LogP contribution in [0, 0.1) is 0 Å². The largest absolute Gasteiger partial charge is 0.457 e. The third kappa shape index (κ3) is 6.51. The molecule has 1 heterocycles. The Balaban J connectivity index is 1.84. The number of nitrogens with zero attached hydrogens (tertiary/aromatic N) is 2. The first-order valence-corrected chi connectivity index (χ1v) is 12.2. The molecule has 0 saturated heterocycles. The molecule has 3 aromatic rings. The summed E-state index contributed by atoms with van der Waals surface area (Å²) < 4.78 is 77.0. The fourth-order valence-electron chi connectivity index (χ4n) is 2.82. The van der Waals surface area contributed by atoms with E-state index in [1.165, 1.54) is 20.8 Å². The second-order valence-corrected chi connectivity index (χ2v) is 11.1. The Morgan fingerprint density at radius 3 is 2.25 bits per heavy atom. The summed E-state index contributed by atoms with van der Waals surface area (Å²) in [5, 5.41) is 0. The van der Waals surface area contributed by atoms with Gasteiger partial charge in [-0.25, -0.2) is 18.1 Å². The van der Waals surface area contributed by atoms with E-state index in [9.17, 15) is 26.4 Å². The van der Waals surface area contributed by atoms with Gasteiger partial charge in [-0.2, -0.15) is 18.2 Å². The number of ether oxygens (including phenoxy) is 2. The van der Waals surface area contributed by atoms with Crippen LogP contribution in [0.2, 0.25) is 0 Å². The van der Waals surface area contributed by atoms with Crippen LogP contribution in [-0.4, -0.2) is 29.0 Å². The molecule has 0 unspecified atom stereocenters. The number of aromatic nitrogens is 2. The van der Waals surface area contributed by atoms with Crippen LogP contribution in [0.15, 0.2) is 60.8 Å². The molecular weight excluding hydrogens is 499 g/mol. The van der Waals surface area contributed by atoms with Gasteiger partial charge in [0.2, 0.25) is 10.0 Å². The summed E-state index contributed by atoms with van der Waals surface area (Å²) in [7, 11) is -4.26. The van der Waals surface area contributed by atoms with E-state index in [1.54, 1.807) is 48.0 Å². The molecule has 1 N–H and O–H groups in total. The number of carbonyl (C=O) groups excluding carboxylic acids is 1. The van der Waals surface area contributed by atoms with E-state index in [1.807, 2.05) is 18.2 Å². The van der Waals surface area contributed by atoms with Crippen LogP contribution in [0.1, 0.15) is 55.4 Å². The Morgan fingerprint density at radius 1 is 1.00 bits per heavy atom. The Bertz CT molecular complexity index is 1340. The molecule has 3 rings (SSSR count). The van der Waals surface area contributed by atoms with Crippen LogP contribution in [0.3, 0.4) is 0 Å². The first kappa shape index (κ1) is 26.9. The Morgan fingerprint density at radius 2 is 1.64 bits per heavy atom. The molecule has 0 bridgehead atoms. The zero-order chi connectivity index (χ0) is 26.7. The number of nitrogens with one attached hydrogen (secondary N) is 1. The van der Waals surface area contributed by atoms with E-state index in [0.717, 1.165) is 0 Å². The van der Waals surface area contributed by atoms with Crippen LogP contribution in [0.25, 0.3) is 0 Å². The van der Waals surface area contributed by atoms with Gasteiger partial charge in [-0.3, -0.25) is 4.79 Å². The molecule has 0 aliphatic carbocycles. The summed E-state index contributed by atoms with van der Waals surface area (Å²) in [5.74, 6) is -0.413. The highest BCUT2D eigenvalue weighted by Gasteiger charge is 2.40.